The number of aromatic amines is 1. The minimum absolute atomic E-state index is 0.336. The first-order chi connectivity index (χ1) is 8.16. The number of aryl methyl sites for hydroxylation is 2. The highest BCUT2D eigenvalue weighted by molar-refractivity contribution is 5.74. The van der Waals surface area contributed by atoms with Crippen molar-refractivity contribution in [3.63, 3.8) is 0 Å². The van der Waals surface area contributed by atoms with E-state index in [0.717, 1.165) is 36.9 Å². The third-order valence-corrected chi connectivity index (χ3v) is 3.19. The van der Waals surface area contributed by atoms with Gasteiger partial charge in [-0.05, 0) is 37.3 Å². The van der Waals surface area contributed by atoms with Crippen molar-refractivity contribution in [1.82, 2.24) is 14.6 Å². The predicted molar refractivity (Wildman–Crippen MR) is 63.4 cm³/mol. The number of pyridine rings is 1. The Morgan fingerprint density at radius 1 is 1.29 bits per heavy atom. The molecule has 1 aliphatic rings. The molecular weight excluding hydrogens is 220 g/mol. The molecule has 6 nitrogen and oxygen atoms in total. The van der Waals surface area contributed by atoms with Crippen LogP contribution in [0, 0.1) is 0 Å². The van der Waals surface area contributed by atoms with Crippen LogP contribution in [-0.2, 0) is 12.8 Å². The van der Waals surface area contributed by atoms with Gasteiger partial charge in [-0.25, -0.2) is 9.78 Å². The molecule has 0 unspecified atom stereocenters. The molecule has 2 heterocycles. The number of hydrogen-bond donors (Lipinski definition) is 2. The van der Waals surface area contributed by atoms with E-state index < -0.39 is 11.2 Å². The van der Waals surface area contributed by atoms with Crippen molar-refractivity contribution in [2.24, 2.45) is 0 Å². The lowest BCUT2D eigenvalue weighted by Gasteiger charge is -2.14. The Morgan fingerprint density at radius 3 is 2.88 bits per heavy atom. The van der Waals surface area contributed by atoms with Gasteiger partial charge in [-0.2, -0.15) is 4.68 Å². The third kappa shape index (κ3) is 1.44. The monoisotopic (exact) mass is 232 g/mol. The van der Waals surface area contributed by atoms with Gasteiger partial charge in [-0.15, -0.1) is 0 Å². The van der Waals surface area contributed by atoms with Crippen molar-refractivity contribution in [1.29, 1.82) is 0 Å². The Bertz CT molecular complexity index is 714. The van der Waals surface area contributed by atoms with Gasteiger partial charge < -0.3 is 5.84 Å². The fourth-order valence-electron chi connectivity index (χ4n) is 2.28. The van der Waals surface area contributed by atoms with Gasteiger partial charge in [-0.3, -0.25) is 9.78 Å². The number of rotatable bonds is 0. The highest BCUT2D eigenvalue weighted by Crippen LogP contribution is 2.21. The van der Waals surface area contributed by atoms with Gasteiger partial charge >= 0.3 is 5.69 Å². The van der Waals surface area contributed by atoms with E-state index in [2.05, 4.69) is 9.97 Å². The summed E-state index contributed by atoms with van der Waals surface area (Å²) in [6.07, 6.45) is 4.05. The molecule has 0 aromatic carbocycles. The van der Waals surface area contributed by atoms with Crippen molar-refractivity contribution in [3.8, 4) is 0 Å². The number of aromatic nitrogens is 3. The molecular formula is C11H12N4O2. The number of nitrogens with one attached hydrogen (secondary N) is 1. The summed E-state index contributed by atoms with van der Waals surface area (Å²) in [6, 6.07) is 1.80. The highest BCUT2D eigenvalue weighted by Gasteiger charge is 2.14. The normalized spacial score (nSPS) is 14.8. The van der Waals surface area contributed by atoms with Gasteiger partial charge in [0.05, 0.1) is 5.39 Å². The van der Waals surface area contributed by atoms with Crippen LogP contribution in [0.3, 0.4) is 0 Å². The maximum absolute atomic E-state index is 11.8. The summed E-state index contributed by atoms with van der Waals surface area (Å²) in [5.41, 5.74) is 1.28. The molecule has 0 saturated carbocycles. The summed E-state index contributed by atoms with van der Waals surface area (Å²) in [5.74, 6) is 5.36. The molecule has 0 bridgehead atoms. The first kappa shape index (κ1) is 10.1. The molecule has 0 amide bonds. The lowest BCUT2D eigenvalue weighted by molar-refractivity contribution is 0.669. The topological polar surface area (TPSA) is 93.8 Å². The van der Waals surface area contributed by atoms with Crippen LogP contribution in [-0.4, -0.2) is 14.6 Å². The third-order valence-electron chi connectivity index (χ3n) is 3.19. The molecule has 1 aliphatic carbocycles. The van der Waals surface area contributed by atoms with Crippen molar-refractivity contribution in [2.45, 2.75) is 25.7 Å². The molecule has 2 aromatic rings. The lowest BCUT2D eigenvalue weighted by atomic mass is 9.95. The molecule has 2 aromatic heterocycles. The first-order valence-electron chi connectivity index (χ1n) is 5.60. The Balaban J connectivity index is 2.42. The summed E-state index contributed by atoms with van der Waals surface area (Å²) >= 11 is 0. The quantitative estimate of drug-likeness (QED) is 0.608. The number of H-pyrrole nitrogens is 1. The van der Waals surface area contributed by atoms with Gasteiger partial charge in [0, 0.05) is 5.69 Å². The molecule has 3 N–H and O–H groups in total. The zero-order valence-electron chi connectivity index (χ0n) is 9.19. The van der Waals surface area contributed by atoms with Gasteiger partial charge in [0.25, 0.3) is 5.56 Å². The first-order valence-corrected chi connectivity index (χ1v) is 5.60. The zero-order valence-corrected chi connectivity index (χ0v) is 9.19. The fourth-order valence-corrected chi connectivity index (χ4v) is 2.28. The maximum Gasteiger partial charge on any atom is 0.348 e. The highest BCUT2D eigenvalue weighted by atomic mass is 16.2. The van der Waals surface area contributed by atoms with E-state index in [1.54, 1.807) is 6.07 Å². The number of nitrogens with two attached hydrogens (primary N) is 1. The minimum atomic E-state index is -0.634. The molecule has 0 atom stereocenters. The van der Waals surface area contributed by atoms with Crippen LogP contribution >= 0.6 is 0 Å². The summed E-state index contributed by atoms with van der Waals surface area (Å²) in [4.78, 5) is 30.1. The Kier molecular flexibility index (Phi) is 2.04. The minimum Gasteiger partial charge on any atom is -0.332 e. The number of nitrogens with zero attached hydrogens (tertiary/aromatic N) is 2. The van der Waals surface area contributed by atoms with Crippen LogP contribution in [0.4, 0.5) is 0 Å². The van der Waals surface area contributed by atoms with Crippen LogP contribution < -0.4 is 17.1 Å². The Hall–Kier alpha value is -2.11. The van der Waals surface area contributed by atoms with Crippen molar-refractivity contribution >= 4 is 11.0 Å². The SMILES string of the molecule is Nn1c(=O)[nH]c2nc3c(cc2c1=O)CCCC3. The van der Waals surface area contributed by atoms with Gasteiger partial charge in [-0.1, -0.05) is 0 Å². The van der Waals surface area contributed by atoms with Gasteiger partial charge in [0.1, 0.15) is 5.65 Å². The predicted octanol–water partition coefficient (Wildman–Crippen LogP) is -0.323. The average Bonchev–Trinajstić information content (AvgIpc) is 2.34. The molecule has 0 aliphatic heterocycles. The standard InChI is InChI=1S/C11H12N4O2/c12-15-10(16)7-5-6-3-1-2-4-8(6)13-9(7)14-11(15)17/h5H,1-4,12H2,(H,13,14,17). The van der Waals surface area contributed by atoms with E-state index >= 15 is 0 Å². The maximum atomic E-state index is 11.8. The van der Waals surface area contributed by atoms with Crippen LogP contribution in [0.1, 0.15) is 24.1 Å². The summed E-state index contributed by atoms with van der Waals surface area (Å²) in [5, 5.41) is 0.382. The summed E-state index contributed by atoms with van der Waals surface area (Å²) in [6.45, 7) is 0. The lowest BCUT2D eigenvalue weighted by Crippen LogP contribution is -2.40. The molecule has 0 radical (unpaired) electrons. The van der Waals surface area contributed by atoms with E-state index in [-0.39, 0.29) is 0 Å². The number of hydrogen-bond acceptors (Lipinski definition) is 4. The zero-order chi connectivity index (χ0) is 12.0. The summed E-state index contributed by atoms with van der Waals surface area (Å²) in [7, 11) is 0. The molecule has 3 rings (SSSR count). The van der Waals surface area contributed by atoms with Gasteiger partial charge in [0.2, 0.25) is 0 Å². The largest absolute Gasteiger partial charge is 0.348 e. The van der Waals surface area contributed by atoms with Crippen molar-refractivity contribution < 1.29 is 0 Å². The Morgan fingerprint density at radius 2 is 2.06 bits per heavy atom. The second-order valence-electron chi connectivity index (χ2n) is 4.30. The van der Waals surface area contributed by atoms with Crippen LogP contribution in [0.2, 0.25) is 0 Å². The molecule has 6 heteroatoms. The van der Waals surface area contributed by atoms with Crippen molar-refractivity contribution in [3.05, 3.63) is 38.2 Å². The van der Waals surface area contributed by atoms with E-state index in [1.807, 2.05) is 0 Å². The number of fused-ring (bicyclic) bond motifs is 2. The van der Waals surface area contributed by atoms with E-state index in [4.69, 9.17) is 5.84 Å². The second-order valence-corrected chi connectivity index (χ2v) is 4.30. The summed E-state index contributed by atoms with van der Waals surface area (Å²) < 4.78 is 0.583. The molecule has 0 saturated heterocycles. The smallest absolute Gasteiger partial charge is 0.332 e. The van der Waals surface area contributed by atoms with Crippen LogP contribution in [0.5, 0.6) is 0 Å². The van der Waals surface area contributed by atoms with Crippen LogP contribution in [0.25, 0.3) is 11.0 Å². The van der Waals surface area contributed by atoms with E-state index in [0.29, 0.717) is 15.7 Å². The molecule has 0 spiro atoms. The number of nitrogen functional groups attached to an aromatic ring is 1. The second kappa shape index (κ2) is 3.44. The average molecular weight is 232 g/mol. The van der Waals surface area contributed by atoms with E-state index in [1.165, 1.54) is 0 Å². The molecule has 17 heavy (non-hydrogen) atoms. The van der Waals surface area contributed by atoms with Crippen LogP contribution in [0.15, 0.2) is 15.7 Å². The molecule has 88 valence electrons. The fraction of sp³-hybridized carbons (Fsp3) is 0.364. The van der Waals surface area contributed by atoms with Gasteiger partial charge in [0.15, 0.2) is 0 Å². The Labute approximate surface area is 96.1 Å². The molecule has 0 fully saturated rings. The van der Waals surface area contributed by atoms with Crippen molar-refractivity contribution in [2.75, 3.05) is 5.84 Å². The van der Waals surface area contributed by atoms with E-state index in [9.17, 15) is 9.59 Å².